The summed E-state index contributed by atoms with van der Waals surface area (Å²) in [5, 5.41) is 11.9. The monoisotopic (exact) mass is 403 g/mol. The highest BCUT2D eigenvalue weighted by Crippen LogP contribution is 2.43. The van der Waals surface area contributed by atoms with E-state index in [1.807, 2.05) is 13.8 Å². The van der Waals surface area contributed by atoms with Gasteiger partial charge in [0.05, 0.1) is 5.39 Å². The van der Waals surface area contributed by atoms with Crippen molar-refractivity contribution in [1.82, 2.24) is 5.32 Å². The van der Waals surface area contributed by atoms with Gasteiger partial charge in [-0.2, -0.15) is 0 Å². The van der Waals surface area contributed by atoms with E-state index in [0.29, 0.717) is 40.0 Å². The number of fused-ring (bicyclic) bond motifs is 3. The molecule has 1 atom stereocenters. The summed E-state index contributed by atoms with van der Waals surface area (Å²) < 4.78 is 17.4. The topological polar surface area (TPSA) is 115 Å². The van der Waals surface area contributed by atoms with E-state index in [2.05, 4.69) is 5.32 Å². The lowest BCUT2D eigenvalue weighted by Gasteiger charge is -2.33. The third-order valence-corrected chi connectivity index (χ3v) is 5.22. The first-order valence-electron chi connectivity index (χ1n) is 9.44. The molecule has 1 aliphatic heterocycles. The van der Waals surface area contributed by atoms with Crippen LogP contribution in [0.3, 0.4) is 0 Å². The number of carbonyl (C=O) groups is 2. The van der Waals surface area contributed by atoms with Crippen molar-refractivity contribution in [2.45, 2.75) is 59.1 Å². The van der Waals surface area contributed by atoms with Gasteiger partial charge in [-0.1, -0.05) is 0 Å². The molecule has 1 aliphatic rings. The third kappa shape index (κ3) is 4.06. The van der Waals surface area contributed by atoms with Gasteiger partial charge >= 0.3 is 11.6 Å². The zero-order valence-corrected chi connectivity index (χ0v) is 17.2. The molecule has 0 saturated heterocycles. The summed E-state index contributed by atoms with van der Waals surface area (Å²) in [7, 11) is 0. The highest BCUT2D eigenvalue weighted by molar-refractivity contribution is 5.92. The second-order valence-electron chi connectivity index (χ2n) is 7.97. The first-order chi connectivity index (χ1) is 13.5. The maximum atomic E-state index is 12.3. The minimum atomic E-state index is -1.14. The van der Waals surface area contributed by atoms with Gasteiger partial charge in [-0.3, -0.25) is 9.59 Å². The average molecular weight is 403 g/mol. The van der Waals surface area contributed by atoms with Crippen LogP contribution in [0.25, 0.3) is 11.0 Å². The second kappa shape index (κ2) is 7.42. The summed E-state index contributed by atoms with van der Waals surface area (Å²) in [5.41, 5.74) is 1.57. The zero-order chi connectivity index (χ0) is 21.5. The van der Waals surface area contributed by atoms with Crippen LogP contribution in [0.4, 0.5) is 0 Å². The van der Waals surface area contributed by atoms with Gasteiger partial charge < -0.3 is 24.3 Å². The van der Waals surface area contributed by atoms with Crippen molar-refractivity contribution in [3.05, 3.63) is 33.2 Å². The van der Waals surface area contributed by atoms with Crippen LogP contribution in [-0.2, 0) is 16.0 Å². The van der Waals surface area contributed by atoms with E-state index in [9.17, 15) is 14.4 Å². The van der Waals surface area contributed by atoms with E-state index in [1.54, 1.807) is 19.9 Å². The van der Waals surface area contributed by atoms with Crippen LogP contribution >= 0.6 is 0 Å². The van der Waals surface area contributed by atoms with Crippen LogP contribution < -0.4 is 20.4 Å². The van der Waals surface area contributed by atoms with Crippen LogP contribution in [0.1, 0.15) is 43.9 Å². The molecule has 0 bridgehead atoms. The maximum absolute atomic E-state index is 12.3. The van der Waals surface area contributed by atoms with E-state index in [1.165, 1.54) is 6.92 Å². The molecule has 0 spiro atoms. The van der Waals surface area contributed by atoms with Crippen LogP contribution in [0, 0.1) is 13.8 Å². The van der Waals surface area contributed by atoms with Crippen molar-refractivity contribution in [2.75, 3.05) is 6.61 Å². The number of aryl methyl sites for hydroxylation is 2. The van der Waals surface area contributed by atoms with E-state index in [0.717, 1.165) is 12.0 Å². The molecule has 0 radical (unpaired) electrons. The molecule has 0 fully saturated rings. The van der Waals surface area contributed by atoms with Gasteiger partial charge in [0.15, 0.2) is 6.61 Å². The summed E-state index contributed by atoms with van der Waals surface area (Å²) in [4.78, 5) is 35.2. The van der Waals surface area contributed by atoms with Crippen molar-refractivity contribution in [3.63, 3.8) is 0 Å². The largest absolute Gasteiger partial charge is 0.487 e. The predicted molar refractivity (Wildman–Crippen MR) is 106 cm³/mol. The normalized spacial score (nSPS) is 15.9. The lowest BCUT2D eigenvalue weighted by molar-refractivity contribution is -0.141. The number of rotatable bonds is 5. The Balaban J connectivity index is 2.04. The number of hydrogen-bond acceptors (Lipinski definition) is 6. The molecule has 3 rings (SSSR count). The molecule has 29 heavy (non-hydrogen) atoms. The molecule has 0 aliphatic carbocycles. The molecule has 2 N–H and O–H groups in total. The summed E-state index contributed by atoms with van der Waals surface area (Å²) >= 11 is 0. The molecule has 2 aromatic rings. The maximum Gasteiger partial charge on any atom is 0.339 e. The molecule has 1 aromatic carbocycles. The highest BCUT2D eigenvalue weighted by Gasteiger charge is 2.31. The number of carboxylic acid groups (broad SMARTS) is 1. The molecule has 0 saturated carbocycles. The minimum absolute atomic E-state index is 0.346. The fourth-order valence-corrected chi connectivity index (χ4v) is 3.34. The molecule has 0 unspecified atom stereocenters. The molecule has 156 valence electrons. The summed E-state index contributed by atoms with van der Waals surface area (Å²) in [6.45, 7) is 8.40. The second-order valence-corrected chi connectivity index (χ2v) is 7.97. The van der Waals surface area contributed by atoms with E-state index < -0.39 is 23.5 Å². The minimum Gasteiger partial charge on any atom is -0.487 e. The van der Waals surface area contributed by atoms with E-state index in [-0.39, 0.29) is 12.2 Å². The van der Waals surface area contributed by atoms with Crippen molar-refractivity contribution >= 4 is 22.8 Å². The molecule has 2 heterocycles. The first-order valence-corrected chi connectivity index (χ1v) is 9.44. The van der Waals surface area contributed by atoms with Gasteiger partial charge in [-0.05, 0) is 53.0 Å². The smallest absolute Gasteiger partial charge is 0.339 e. The fraction of sp³-hybridized carbons (Fsp3) is 0.476. The Hall–Kier alpha value is -3.03. The standard InChI is InChI=1S/C21H25NO7/c1-10-11(2)20(26)28-18-13-6-7-21(4,5)29-14(13)8-15(17(10)18)27-9-16(23)22-12(3)19(24)25/h8,12H,6-7,9H2,1-5H3,(H,22,23)(H,24,25)/t12-/m0/s1. The molecule has 8 nitrogen and oxygen atoms in total. The van der Waals surface area contributed by atoms with Crippen molar-refractivity contribution in [1.29, 1.82) is 0 Å². The number of carbonyl (C=O) groups excluding carboxylic acids is 1. The lowest BCUT2D eigenvalue weighted by atomic mass is 9.92. The van der Waals surface area contributed by atoms with Crippen molar-refractivity contribution in [2.24, 2.45) is 0 Å². The van der Waals surface area contributed by atoms with Crippen molar-refractivity contribution in [3.8, 4) is 11.5 Å². The van der Waals surface area contributed by atoms with E-state index in [4.69, 9.17) is 19.0 Å². The SMILES string of the molecule is Cc1c(C)c2c(OCC(=O)N[C@@H](C)C(=O)O)cc3c(c2oc1=O)CCC(C)(C)O3. The van der Waals surface area contributed by atoms with Gasteiger partial charge in [-0.15, -0.1) is 0 Å². The van der Waals surface area contributed by atoms with E-state index >= 15 is 0 Å². The zero-order valence-electron chi connectivity index (χ0n) is 17.2. The molecular weight excluding hydrogens is 378 g/mol. The van der Waals surface area contributed by atoms with Crippen molar-refractivity contribution < 1.29 is 28.6 Å². The Morgan fingerprint density at radius 1 is 1.31 bits per heavy atom. The number of nitrogens with one attached hydrogen (secondary N) is 1. The van der Waals surface area contributed by atoms with Crippen LogP contribution in [0.15, 0.2) is 15.3 Å². The Labute approximate surface area is 167 Å². The number of carboxylic acids is 1. The number of ether oxygens (including phenoxy) is 2. The first kappa shape index (κ1) is 20.7. The summed E-state index contributed by atoms with van der Waals surface area (Å²) in [6, 6.07) is 0.677. The number of aliphatic carboxylic acids is 1. The lowest BCUT2D eigenvalue weighted by Crippen LogP contribution is -2.40. The molecule has 8 heteroatoms. The Morgan fingerprint density at radius 3 is 2.66 bits per heavy atom. The number of hydrogen-bond donors (Lipinski definition) is 2. The van der Waals surface area contributed by atoms with Crippen LogP contribution in [-0.4, -0.2) is 35.2 Å². The third-order valence-electron chi connectivity index (χ3n) is 5.22. The average Bonchev–Trinajstić information content (AvgIpc) is 2.62. The van der Waals surface area contributed by atoms with Crippen LogP contribution in [0.2, 0.25) is 0 Å². The molecular formula is C21H25NO7. The number of amides is 1. The summed E-state index contributed by atoms with van der Waals surface area (Å²) in [5.74, 6) is -0.811. The van der Waals surface area contributed by atoms with Crippen LogP contribution in [0.5, 0.6) is 11.5 Å². The Kier molecular flexibility index (Phi) is 5.30. The number of benzene rings is 1. The Morgan fingerprint density at radius 2 is 2.00 bits per heavy atom. The highest BCUT2D eigenvalue weighted by atomic mass is 16.5. The van der Waals surface area contributed by atoms with Gasteiger partial charge in [-0.25, -0.2) is 4.79 Å². The Bertz CT molecular complexity index is 1050. The quantitative estimate of drug-likeness (QED) is 0.737. The molecule has 1 amide bonds. The van der Waals surface area contributed by atoms with Gasteiger partial charge in [0.1, 0.15) is 28.7 Å². The predicted octanol–water partition coefficient (Wildman–Crippen LogP) is 2.48. The summed E-state index contributed by atoms with van der Waals surface area (Å²) in [6.07, 6.45) is 1.45. The fourth-order valence-electron chi connectivity index (χ4n) is 3.34. The van der Waals surface area contributed by atoms with Gasteiger partial charge in [0.2, 0.25) is 0 Å². The van der Waals surface area contributed by atoms with Gasteiger partial charge in [0, 0.05) is 17.2 Å². The molecule has 1 aromatic heterocycles. The van der Waals surface area contributed by atoms with Gasteiger partial charge in [0.25, 0.3) is 5.91 Å².